The molecule has 5 nitrogen and oxygen atoms in total. The summed E-state index contributed by atoms with van der Waals surface area (Å²) < 4.78 is 54.4. The van der Waals surface area contributed by atoms with E-state index in [4.69, 9.17) is 5.73 Å². The molecule has 144 valence electrons. The quantitative estimate of drug-likeness (QED) is 0.747. The lowest BCUT2D eigenvalue weighted by Crippen LogP contribution is -2.35. The Bertz CT molecular complexity index is 959. The fourth-order valence-corrected chi connectivity index (χ4v) is 4.60. The minimum atomic E-state index is -3.66. The lowest BCUT2D eigenvalue weighted by Gasteiger charge is -2.22. The van der Waals surface area contributed by atoms with Crippen LogP contribution in [0.4, 0.5) is 8.78 Å². The van der Waals surface area contributed by atoms with Crippen molar-refractivity contribution < 1.29 is 22.0 Å². The Morgan fingerprint density at radius 3 is 2.48 bits per heavy atom. The van der Waals surface area contributed by atoms with Gasteiger partial charge in [0.25, 0.3) is 0 Å². The van der Waals surface area contributed by atoms with Crippen molar-refractivity contribution in [3.63, 3.8) is 0 Å². The van der Waals surface area contributed by atoms with Crippen LogP contribution in [-0.2, 0) is 23.0 Å². The second-order valence-corrected chi connectivity index (χ2v) is 8.68. The van der Waals surface area contributed by atoms with Crippen molar-refractivity contribution in [3.05, 3.63) is 70.8 Å². The molecule has 1 amide bonds. The predicted octanol–water partition coefficient (Wildman–Crippen LogP) is 2.60. The van der Waals surface area contributed by atoms with Crippen LogP contribution in [0.5, 0.6) is 0 Å². The molecule has 1 saturated carbocycles. The van der Waals surface area contributed by atoms with Crippen molar-refractivity contribution in [1.82, 2.24) is 4.31 Å². The van der Waals surface area contributed by atoms with E-state index in [1.165, 1.54) is 34.6 Å². The molecule has 3 rings (SSSR count). The Kier molecular flexibility index (Phi) is 5.57. The minimum absolute atomic E-state index is 0.0307. The van der Waals surface area contributed by atoms with Gasteiger partial charge in [-0.05, 0) is 49.1 Å². The van der Waals surface area contributed by atoms with Crippen molar-refractivity contribution in [2.75, 3.05) is 5.75 Å². The van der Waals surface area contributed by atoms with Gasteiger partial charge in [0.15, 0.2) is 0 Å². The topological polar surface area (TPSA) is 80.5 Å². The molecule has 0 radical (unpaired) electrons. The molecule has 0 saturated heterocycles. The van der Waals surface area contributed by atoms with Crippen LogP contribution in [-0.4, -0.2) is 30.4 Å². The first kappa shape index (κ1) is 19.4. The molecule has 0 spiro atoms. The molecular weight excluding hydrogens is 374 g/mol. The van der Waals surface area contributed by atoms with Gasteiger partial charge in [-0.25, -0.2) is 17.2 Å². The number of nitrogens with two attached hydrogens (primary N) is 1. The van der Waals surface area contributed by atoms with E-state index in [1.54, 1.807) is 6.07 Å². The van der Waals surface area contributed by atoms with Crippen molar-refractivity contribution >= 4 is 15.9 Å². The summed E-state index contributed by atoms with van der Waals surface area (Å²) in [5.41, 5.74) is 5.93. The number of sulfonamides is 1. The van der Waals surface area contributed by atoms with Crippen LogP contribution in [0.25, 0.3) is 0 Å². The zero-order chi connectivity index (χ0) is 19.6. The third kappa shape index (κ3) is 4.90. The maximum absolute atomic E-state index is 14.3. The first-order valence-corrected chi connectivity index (χ1v) is 10.2. The smallest absolute Gasteiger partial charge is 0.248 e. The molecule has 27 heavy (non-hydrogen) atoms. The largest absolute Gasteiger partial charge is 0.366 e. The lowest BCUT2D eigenvalue weighted by molar-refractivity contribution is 0.0999. The van der Waals surface area contributed by atoms with Crippen molar-refractivity contribution in [3.8, 4) is 0 Å². The second-order valence-electron chi connectivity index (χ2n) is 6.64. The van der Waals surface area contributed by atoms with Gasteiger partial charge in [0.2, 0.25) is 15.9 Å². The first-order valence-electron chi connectivity index (χ1n) is 8.58. The number of amides is 1. The first-order chi connectivity index (χ1) is 12.8. The average Bonchev–Trinajstić information content (AvgIpc) is 3.43. The van der Waals surface area contributed by atoms with E-state index in [9.17, 15) is 22.0 Å². The van der Waals surface area contributed by atoms with Gasteiger partial charge in [0.1, 0.15) is 11.6 Å². The summed E-state index contributed by atoms with van der Waals surface area (Å²) in [4.78, 5) is 11.1. The van der Waals surface area contributed by atoms with Crippen molar-refractivity contribution in [1.29, 1.82) is 0 Å². The van der Waals surface area contributed by atoms with Crippen LogP contribution in [0.1, 0.15) is 34.3 Å². The number of benzene rings is 2. The number of halogens is 2. The summed E-state index contributed by atoms with van der Waals surface area (Å²) in [7, 11) is -3.66. The van der Waals surface area contributed by atoms with Crippen LogP contribution in [0.15, 0.2) is 42.5 Å². The summed E-state index contributed by atoms with van der Waals surface area (Å²) in [6, 6.07) is 9.43. The van der Waals surface area contributed by atoms with Gasteiger partial charge < -0.3 is 5.73 Å². The van der Waals surface area contributed by atoms with Crippen LogP contribution < -0.4 is 5.73 Å². The summed E-state index contributed by atoms with van der Waals surface area (Å²) in [5, 5.41) is 0. The van der Waals surface area contributed by atoms with Gasteiger partial charge in [-0.3, -0.25) is 4.79 Å². The Labute approximate surface area is 156 Å². The van der Waals surface area contributed by atoms with E-state index in [-0.39, 0.29) is 35.9 Å². The zero-order valence-corrected chi connectivity index (χ0v) is 15.4. The average molecular weight is 394 g/mol. The number of carbonyl (C=O) groups is 1. The van der Waals surface area contributed by atoms with Gasteiger partial charge in [0.05, 0.1) is 5.75 Å². The molecule has 2 aromatic rings. The SMILES string of the molecule is NC(=O)c1ccc(CN(C2CC2)S(=O)(=O)CCc2cccc(F)c2)c(F)c1. The summed E-state index contributed by atoms with van der Waals surface area (Å²) >= 11 is 0. The third-order valence-corrected chi connectivity index (χ3v) is 6.37. The van der Waals surface area contributed by atoms with Crippen LogP contribution in [0.3, 0.4) is 0 Å². The number of nitrogens with zero attached hydrogens (tertiary/aromatic N) is 1. The summed E-state index contributed by atoms with van der Waals surface area (Å²) in [6.07, 6.45) is 1.62. The molecule has 1 aliphatic rings. The number of aryl methyl sites for hydroxylation is 1. The highest BCUT2D eigenvalue weighted by molar-refractivity contribution is 7.89. The van der Waals surface area contributed by atoms with Crippen molar-refractivity contribution in [2.24, 2.45) is 5.73 Å². The maximum Gasteiger partial charge on any atom is 0.248 e. The molecule has 0 aromatic heterocycles. The fourth-order valence-electron chi connectivity index (χ4n) is 2.87. The number of hydrogen-bond acceptors (Lipinski definition) is 3. The molecule has 0 aliphatic heterocycles. The van der Waals surface area contributed by atoms with E-state index in [0.29, 0.717) is 5.56 Å². The minimum Gasteiger partial charge on any atom is -0.366 e. The molecule has 1 fully saturated rings. The van der Waals surface area contributed by atoms with Crippen LogP contribution in [0.2, 0.25) is 0 Å². The lowest BCUT2D eigenvalue weighted by atomic mass is 10.1. The van der Waals surface area contributed by atoms with E-state index < -0.39 is 27.6 Å². The molecule has 0 heterocycles. The zero-order valence-electron chi connectivity index (χ0n) is 14.6. The van der Waals surface area contributed by atoms with E-state index in [0.717, 1.165) is 18.9 Å². The Morgan fingerprint density at radius 1 is 1.15 bits per heavy atom. The Balaban J connectivity index is 1.75. The maximum atomic E-state index is 14.3. The van der Waals surface area contributed by atoms with Gasteiger partial charge in [-0.1, -0.05) is 18.2 Å². The molecule has 2 N–H and O–H groups in total. The second kappa shape index (κ2) is 7.74. The van der Waals surface area contributed by atoms with E-state index >= 15 is 0 Å². The van der Waals surface area contributed by atoms with Crippen LogP contribution >= 0.6 is 0 Å². The fraction of sp³-hybridized carbons (Fsp3) is 0.316. The molecule has 2 aromatic carbocycles. The molecular formula is C19H20F2N2O3S. The molecule has 0 atom stereocenters. The van der Waals surface area contributed by atoms with E-state index in [2.05, 4.69) is 0 Å². The summed E-state index contributed by atoms with van der Waals surface area (Å²) in [6.45, 7) is -0.110. The van der Waals surface area contributed by atoms with Crippen molar-refractivity contribution in [2.45, 2.75) is 31.8 Å². The Hall–Kier alpha value is -2.32. The standard InChI is InChI=1S/C19H20F2N2O3S/c20-16-3-1-2-13(10-16)8-9-27(25,26)23(17-6-7-17)12-15-5-4-14(19(22)24)11-18(15)21/h1-5,10-11,17H,6-9,12H2,(H2,22,24). The number of carbonyl (C=O) groups excluding carboxylic acids is 1. The monoisotopic (exact) mass is 394 g/mol. The van der Waals surface area contributed by atoms with E-state index in [1.807, 2.05) is 0 Å². The number of rotatable bonds is 8. The predicted molar refractivity (Wildman–Crippen MR) is 97.4 cm³/mol. The molecule has 8 heteroatoms. The van der Waals surface area contributed by atoms with Crippen LogP contribution in [0, 0.1) is 11.6 Å². The normalized spacial score (nSPS) is 14.5. The molecule has 1 aliphatic carbocycles. The number of primary amides is 1. The highest BCUT2D eigenvalue weighted by Crippen LogP contribution is 2.32. The van der Waals surface area contributed by atoms with Gasteiger partial charge in [-0.15, -0.1) is 0 Å². The number of hydrogen-bond donors (Lipinski definition) is 1. The third-order valence-electron chi connectivity index (χ3n) is 4.51. The van der Waals surface area contributed by atoms with Gasteiger partial charge in [-0.2, -0.15) is 4.31 Å². The highest BCUT2D eigenvalue weighted by Gasteiger charge is 2.37. The Morgan fingerprint density at radius 2 is 1.89 bits per heavy atom. The highest BCUT2D eigenvalue weighted by atomic mass is 32.2. The molecule has 0 unspecified atom stereocenters. The molecule has 0 bridgehead atoms. The summed E-state index contributed by atoms with van der Waals surface area (Å²) in [5.74, 6) is -2.02. The van der Waals surface area contributed by atoms with Gasteiger partial charge in [0, 0.05) is 23.7 Å². The van der Waals surface area contributed by atoms with Gasteiger partial charge >= 0.3 is 0 Å².